The average Bonchev–Trinajstić information content (AvgIpc) is 2.88. The predicted molar refractivity (Wildman–Crippen MR) is 77.5 cm³/mol. The Morgan fingerprint density at radius 2 is 2.15 bits per heavy atom. The lowest BCUT2D eigenvalue weighted by atomic mass is 10.3. The maximum atomic E-state index is 11.8. The van der Waals surface area contributed by atoms with Crippen molar-refractivity contribution in [2.45, 2.75) is 13.8 Å². The minimum absolute atomic E-state index is 0.266. The number of hydrogen-bond acceptors (Lipinski definition) is 3. The monoisotopic (exact) mass is 293 g/mol. The Morgan fingerprint density at radius 1 is 1.40 bits per heavy atom. The number of rotatable bonds is 4. The first-order chi connectivity index (χ1) is 9.63. The molecule has 20 heavy (non-hydrogen) atoms. The van der Waals surface area contributed by atoms with Crippen LogP contribution in [0.3, 0.4) is 0 Å². The molecule has 1 heterocycles. The third-order valence-electron chi connectivity index (χ3n) is 2.88. The maximum Gasteiger partial charge on any atom is 0.416 e. The van der Waals surface area contributed by atoms with Crippen LogP contribution in [0.15, 0.2) is 36.8 Å². The molecule has 2 rings (SSSR count). The van der Waals surface area contributed by atoms with Crippen LogP contribution in [0.2, 0.25) is 5.02 Å². The summed E-state index contributed by atoms with van der Waals surface area (Å²) in [6.45, 7) is 5.00. The van der Waals surface area contributed by atoms with Crippen LogP contribution in [0.25, 0.3) is 5.69 Å². The number of halogens is 1. The number of aromatic nitrogens is 2. The van der Waals surface area contributed by atoms with Crippen LogP contribution in [0.4, 0.5) is 4.79 Å². The summed E-state index contributed by atoms with van der Waals surface area (Å²) in [7, 11) is 0. The number of carbonyl (C=O) groups is 1. The SMILES string of the molecule is CCN(CC)C(=O)Oc1cn(-c2cccc(Cl)c2)cn1. The van der Waals surface area contributed by atoms with Gasteiger partial charge in [-0.2, -0.15) is 0 Å². The van der Waals surface area contributed by atoms with Crippen molar-refractivity contribution >= 4 is 17.7 Å². The van der Waals surface area contributed by atoms with Crippen LogP contribution in [0.1, 0.15) is 13.8 Å². The molecule has 6 heteroatoms. The van der Waals surface area contributed by atoms with Crippen LogP contribution in [0, 0.1) is 0 Å². The van der Waals surface area contributed by atoms with E-state index in [0.29, 0.717) is 18.1 Å². The molecular weight excluding hydrogens is 278 g/mol. The first-order valence-corrected chi connectivity index (χ1v) is 6.78. The van der Waals surface area contributed by atoms with Crippen LogP contribution in [-0.2, 0) is 0 Å². The van der Waals surface area contributed by atoms with Crippen LogP contribution in [-0.4, -0.2) is 33.6 Å². The van der Waals surface area contributed by atoms with Gasteiger partial charge in [-0.15, -0.1) is 0 Å². The summed E-state index contributed by atoms with van der Waals surface area (Å²) in [6, 6.07) is 7.34. The van der Waals surface area contributed by atoms with E-state index < -0.39 is 6.09 Å². The molecule has 2 aromatic rings. The molecule has 0 aliphatic heterocycles. The number of imidazole rings is 1. The molecule has 0 saturated heterocycles. The Hall–Kier alpha value is -2.01. The second-order valence-corrected chi connectivity index (χ2v) is 4.58. The lowest BCUT2D eigenvalue weighted by molar-refractivity contribution is 0.155. The predicted octanol–water partition coefficient (Wildman–Crippen LogP) is 3.37. The first-order valence-electron chi connectivity index (χ1n) is 6.40. The Morgan fingerprint density at radius 3 is 2.80 bits per heavy atom. The highest BCUT2D eigenvalue weighted by Crippen LogP contribution is 2.17. The van der Waals surface area contributed by atoms with Crippen LogP contribution < -0.4 is 4.74 Å². The zero-order chi connectivity index (χ0) is 14.5. The summed E-state index contributed by atoms with van der Waals surface area (Å²) in [5.74, 6) is 0.266. The molecule has 0 N–H and O–H groups in total. The number of nitrogens with zero attached hydrogens (tertiary/aromatic N) is 3. The summed E-state index contributed by atoms with van der Waals surface area (Å²) < 4.78 is 6.96. The lowest BCUT2D eigenvalue weighted by Crippen LogP contribution is -2.33. The van der Waals surface area contributed by atoms with Gasteiger partial charge in [0.05, 0.1) is 6.20 Å². The molecular formula is C14H16ClN3O2. The van der Waals surface area contributed by atoms with Gasteiger partial charge in [-0.25, -0.2) is 9.78 Å². The zero-order valence-corrected chi connectivity index (χ0v) is 12.2. The van der Waals surface area contributed by atoms with Gasteiger partial charge in [0, 0.05) is 23.8 Å². The number of hydrogen-bond donors (Lipinski definition) is 0. The molecule has 1 aromatic carbocycles. The van der Waals surface area contributed by atoms with Crippen molar-refractivity contribution in [1.82, 2.24) is 14.5 Å². The molecule has 0 radical (unpaired) electrons. The van der Waals surface area contributed by atoms with Crippen molar-refractivity contribution in [1.29, 1.82) is 0 Å². The summed E-state index contributed by atoms with van der Waals surface area (Å²) in [4.78, 5) is 17.5. The molecule has 0 spiro atoms. The summed E-state index contributed by atoms with van der Waals surface area (Å²) in [5, 5.41) is 0.637. The Bertz CT molecular complexity index is 594. The fourth-order valence-corrected chi connectivity index (χ4v) is 1.96. The zero-order valence-electron chi connectivity index (χ0n) is 11.4. The van der Waals surface area contributed by atoms with Gasteiger partial charge in [0.15, 0.2) is 0 Å². The highest BCUT2D eigenvalue weighted by atomic mass is 35.5. The van der Waals surface area contributed by atoms with Crippen molar-refractivity contribution < 1.29 is 9.53 Å². The first kappa shape index (κ1) is 14.4. The number of carbonyl (C=O) groups excluding carboxylic acids is 1. The number of amides is 1. The molecule has 5 nitrogen and oxygen atoms in total. The molecule has 0 atom stereocenters. The molecule has 0 unspecified atom stereocenters. The minimum atomic E-state index is -0.397. The van der Waals surface area contributed by atoms with E-state index in [0.717, 1.165) is 5.69 Å². The largest absolute Gasteiger partial charge is 0.416 e. The average molecular weight is 294 g/mol. The summed E-state index contributed by atoms with van der Waals surface area (Å²) >= 11 is 5.94. The Kier molecular flexibility index (Phi) is 4.63. The van der Waals surface area contributed by atoms with Crippen molar-refractivity contribution in [3.8, 4) is 11.6 Å². The second kappa shape index (κ2) is 6.43. The van der Waals surface area contributed by atoms with Gasteiger partial charge in [0.2, 0.25) is 5.88 Å². The normalized spacial score (nSPS) is 10.3. The van der Waals surface area contributed by atoms with E-state index in [4.69, 9.17) is 16.3 Å². The highest BCUT2D eigenvalue weighted by Gasteiger charge is 2.13. The Labute approximate surface area is 122 Å². The summed E-state index contributed by atoms with van der Waals surface area (Å²) in [6.07, 6.45) is 2.83. The van der Waals surface area contributed by atoms with Crippen molar-refractivity contribution in [3.63, 3.8) is 0 Å². The topological polar surface area (TPSA) is 47.4 Å². The van der Waals surface area contributed by atoms with E-state index in [1.165, 1.54) is 0 Å². The fourth-order valence-electron chi connectivity index (χ4n) is 1.77. The molecule has 0 aliphatic carbocycles. The second-order valence-electron chi connectivity index (χ2n) is 4.14. The van der Waals surface area contributed by atoms with Crippen LogP contribution in [0.5, 0.6) is 5.88 Å². The van der Waals surface area contributed by atoms with Gasteiger partial charge in [-0.3, -0.25) is 0 Å². The molecule has 106 valence electrons. The molecule has 0 aliphatic rings. The van der Waals surface area contributed by atoms with Gasteiger partial charge in [-0.1, -0.05) is 17.7 Å². The van der Waals surface area contributed by atoms with E-state index in [2.05, 4.69) is 4.98 Å². The van der Waals surface area contributed by atoms with Crippen LogP contribution >= 0.6 is 11.6 Å². The standard InChI is InChI=1S/C14H16ClN3O2/c1-3-17(4-2)14(19)20-13-9-18(10-16-13)12-7-5-6-11(15)8-12/h5-10H,3-4H2,1-2H3. The van der Waals surface area contributed by atoms with E-state index in [-0.39, 0.29) is 5.88 Å². The lowest BCUT2D eigenvalue weighted by Gasteiger charge is -2.16. The van der Waals surface area contributed by atoms with Gasteiger partial charge < -0.3 is 14.2 Å². The smallest absolute Gasteiger partial charge is 0.389 e. The summed E-state index contributed by atoms with van der Waals surface area (Å²) in [5.41, 5.74) is 0.857. The number of ether oxygens (including phenoxy) is 1. The van der Waals surface area contributed by atoms with E-state index in [1.54, 1.807) is 34.1 Å². The molecule has 1 amide bonds. The van der Waals surface area contributed by atoms with Crippen molar-refractivity contribution in [3.05, 3.63) is 41.8 Å². The quantitative estimate of drug-likeness (QED) is 0.868. The maximum absolute atomic E-state index is 11.8. The number of benzene rings is 1. The van der Waals surface area contributed by atoms with Crippen molar-refractivity contribution in [2.75, 3.05) is 13.1 Å². The van der Waals surface area contributed by atoms with E-state index in [1.807, 2.05) is 26.0 Å². The fraction of sp³-hybridized carbons (Fsp3) is 0.286. The van der Waals surface area contributed by atoms with Gasteiger partial charge >= 0.3 is 6.09 Å². The van der Waals surface area contributed by atoms with E-state index in [9.17, 15) is 4.79 Å². The molecule has 0 bridgehead atoms. The molecule has 0 fully saturated rings. The van der Waals surface area contributed by atoms with E-state index >= 15 is 0 Å². The van der Waals surface area contributed by atoms with Gasteiger partial charge in [0.1, 0.15) is 6.33 Å². The minimum Gasteiger partial charge on any atom is -0.389 e. The Balaban J connectivity index is 2.11. The third kappa shape index (κ3) is 3.30. The molecule has 0 saturated carbocycles. The van der Waals surface area contributed by atoms with Gasteiger partial charge in [-0.05, 0) is 32.0 Å². The third-order valence-corrected chi connectivity index (χ3v) is 3.11. The van der Waals surface area contributed by atoms with Gasteiger partial charge in [0.25, 0.3) is 0 Å². The highest BCUT2D eigenvalue weighted by molar-refractivity contribution is 6.30. The molecule has 1 aromatic heterocycles. The van der Waals surface area contributed by atoms with Crippen molar-refractivity contribution in [2.24, 2.45) is 0 Å².